The van der Waals surface area contributed by atoms with Crippen molar-refractivity contribution in [2.75, 3.05) is 7.11 Å². The summed E-state index contributed by atoms with van der Waals surface area (Å²) in [7, 11) is 1.35. The lowest BCUT2D eigenvalue weighted by molar-refractivity contribution is -0.139. The molecule has 0 fully saturated rings. The topological polar surface area (TPSA) is 52.3 Å². The van der Waals surface area contributed by atoms with E-state index in [9.17, 15) is 4.79 Å². The molecule has 0 aliphatic heterocycles. The zero-order valence-corrected chi connectivity index (χ0v) is 9.58. The van der Waals surface area contributed by atoms with Crippen LogP contribution >= 0.6 is 15.9 Å². The van der Waals surface area contributed by atoms with Gasteiger partial charge >= 0.3 is 5.97 Å². The molecule has 0 radical (unpaired) electrons. The summed E-state index contributed by atoms with van der Waals surface area (Å²) >= 11 is 3.33. The van der Waals surface area contributed by atoms with Gasteiger partial charge in [0.25, 0.3) is 0 Å². The average molecular weight is 270 g/mol. The predicted molar refractivity (Wildman–Crippen MR) is 57.4 cm³/mol. The highest BCUT2D eigenvalue weighted by Crippen LogP contribution is 2.22. The summed E-state index contributed by atoms with van der Waals surface area (Å²) in [4.78, 5) is 11.1. The molecule has 4 nitrogen and oxygen atoms in total. The predicted octanol–water partition coefficient (Wildman–Crippen LogP) is 2.31. The summed E-state index contributed by atoms with van der Waals surface area (Å²) in [6.45, 7) is 0. The number of hydrogen-bond donors (Lipinski definition) is 0. The van der Waals surface area contributed by atoms with E-state index in [4.69, 9.17) is 4.52 Å². The second-order valence-electron chi connectivity index (χ2n) is 3.02. The minimum absolute atomic E-state index is 0.130. The van der Waals surface area contributed by atoms with Crippen LogP contribution in [0.25, 0.3) is 11.0 Å². The summed E-state index contributed by atoms with van der Waals surface area (Å²) in [6, 6.07) is 5.54. The number of rotatable bonds is 2. The van der Waals surface area contributed by atoms with Crippen LogP contribution in [0.1, 0.15) is 5.69 Å². The van der Waals surface area contributed by atoms with E-state index in [1.807, 2.05) is 18.2 Å². The number of benzene rings is 1. The third kappa shape index (κ3) is 2.02. The van der Waals surface area contributed by atoms with E-state index < -0.39 is 0 Å². The molecular weight excluding hydrogens is 262 g/mol. The van der Waals surface area contributed by atoms with E-state index in [2.05, 4.69) is 25.8 Å². The normalized spacial score (nSPS) is 10.5. The highest BCUT2D eigenvalue weighted by Gasteiger charge is 2.12. The Kier molecular flexibility index (Phi) is 2.73. The molecule has 5 heteroatoms. The van der Waals surface area contributed by atoms with Crippen LogP contribution in [-0.4, -0.2) is 18.2 Å². The fraction of sp³-hybridized carbons (Fsp3) is 0.200. The summed E-state index contributed by atoms with van der Waals surface area (Å²) in [5.41, 5.74) is 1.26. The molecule has 78 valence electrons. The molecule has 0 unspecified atom stereocenters. The van der Waals surface area contributed by atoms with Crippen molar-refractivity contribution in [2.45, 2.75) is 6.42 Å². The molecule has 15 heavy (non-hydrogen) atoms. The van der Waals surface area contributed by atoms with Crippen LogP contribution in [0.3, 0.4) is 0 Å². The average Bonchev–Trinajstić information content (AvgIpc) is 2.60. The standard InChI is InChI=1S/C10H8BrNO3/c1-14-10(13)5-8-7-3-2-6(11)4-9(7)15-12-8/h2-4H,5H2,1H3. The van der Waals surface area contributed by atoms with E-state index in [-0.39, 0.29) is 12.4 Å². The minimum atomic E-state index is -0.326. The van der Waals surface area contributed by atoms with E-state index in [1.54, 1.807) is 0 Å². The van der Waals surface area contributed by atoms with Gasteiger partial charge in [0.15, 0.2) is 5.58 Å². The highest BCUT2D eigenvalue weighted by atomic mass is 79.9. The van der Waals surface area contributed by atoms with Crippen molar-refractivity contribution in [2.24, 2.45) is 0 Å². The molecule has 0 aliphatic carbocycles. The summed E-state index contributed by atoms with van der Waals surface area (Å²) in [5, 5.41) is 4.66. The van der Waals surface area contributed by atoms with Crippen LogP contribution in [-0.2, 0) is 16.0 Å². The number of aromatic nitrogens is 1. The van der Waals surface area contributed by atoms with E-state index in [1.165, 1.54) is 7.11 Å². The number of hydrogen-bond acceptors (Lipinski definition) is 4. The molecule has 0 saturated carbocycles. The fourth-order valence-corrected chi connectivity index (χ4v) is 1.64. The maximum Gasteiger partial charge on any atom is 0.311 e. The molecule has 0 atom stereocenters. The Labute approximate surface area is 94.3 Å². The number of ether oxygens (including phenoxy) is 1. The Hall–Kier alpha value is -1.36. The summed E-state index contributed by atoms with van der Waals surface area (Å²) in [6.07, 6.45) is 0.130. The third-order valence-electron chi connectivity index (χ3n) is 2.05. The van der Waals surface area contributed by atoms with Crippen molar-refractivity contribution in [1.29, 1.82) is 0 Å². The second-order valence-corrected chi connectivity index (χ2v) is 3.94. The zero-order chi connectivity index (χ0) is 10.8. The molecule has 2 aromatic rings. The van der Waals surface area contributed by atoms with Crippen LogP contribution in [0.5, 0.6) is 0 Å². The van der Waals surface area contributed by atoms with Gasteiger partial charge in [-0.2, -0.15) is 0 Å². The molecule has 0 spiro atoms. The first kappa shape index (κ1) is 10.2. The van der Waals surface area contributed by atoms with Crippen LogP contribution in [0.15, 0.2) is 27.2 Å². The van der Waals surface area contributed by atoms with Crippen LogP contribution < -0.4 is 0 Å². The summed E-state index contributed by atoms with van der Waals surface area (Å²) < 4.78 is 10.6. The third-order valence-corrected chi connectivity index (χ3v) is 2.54. The lowest BCUT2D eigenvalue weighted by atomic mass is 10.2. The molecule has 0 bridgehead atoms. The number of carbonyl (C=O) groups is 1. The number of nitrogens with zero attached hydrogens (tertiary/aromatic N) is 1. The minimum Gasteiger partial charge on any atom is -0.469 e. The maximum absolute atomic E-state index is 11.1. The van der Waals surface area contributed by atoms with E-state index >= 15 is 0 Å². The molecule has 1 aromatic carbocycles. The van der Waals surface area contributed by atoms with Gasteiger partial charge in [-0.05, 0) is 18.2 Å². The molecule has 1 aromatic heterocycles. The molecule has 0 amide bonds. The monoisotopic (exact) mass is 269 g/mol. The Balaban J connectivity index is 2.41. The van der Waals surface area contributed by atoms with Crippen molar-refractivity contribution in [3.8, 4) is 0 Å². The number of fused-ring (bicyclic) bond motifs is 1. The zero-order valence-electron chi connectivity index (χ0n) is 7.99. The lowest BCUT2D eigenvalue weighted by Gasteiger charge is -1.95. The van der Waals surface area contributed by atoms with Gasteiger partial charge in [-0.15, -0.1) is 0 Å². The second kappa shape index (κ2) is 4.02. The Morgan fingerprint density at radius 3 is 3.13 bits per heavy atom. The first-order valence-electron chi connectivity index (χ1n) is 4.31. The maximum atomic E-state index is 11.1. The van der Waals surface area contributed by atoms with Crippen LogP contribution in [0.2, 0.25) is 0 Å². The van der Waals surface area contributed by atoms with Gasteiger partial charge in [0, 0.05) is 9.86 Å². The van der Waals surface area contributed by atoms with Crippen molar-refractivity contribution in [1.82, 2.24) is 5.16 Å². The van der Waals surface area contributed by atoms with Gasteiger partial charge < -0.3 is 9.26 Å². The van der Waals surface area contributed by atoms with Crippen LogP contribution in [0.4, 0.5) is 0 Å². The Morgan fingerprint density at radius 2 is 2.40 bits per heavy atom. The first-order valence-corrected chi connectivity index (χ1v) is 5.10. The van der Waals surface area contributed by atoms with Gasteiger partial charge in [0.05, 0.1) is 13.5 Å². The number of carbonyl (C=O) groups excluding carboxylic acids is 1. The van der Waals surface area contributed by atoms with Crippen molar-refractivity contribution in [3.05, 3.63) is 28.4 Å². The van der Waals surface area contributed by atoms with Gasteiger partial charge in [-0.25, -0.2) is 0 Å². The molecule has 0 N–H and O–H groups in total. The van der Waals surface area contributed by atoms with E-state index in [0.29, 0.717) is 11.3 Å². The fourth-order valence-electron chi connectivity index (χ4n) is 1.30. The molecular formula is C10H8BrNO3. The van der Waals surface area contributed by atoms with Crippen molar-refractivity contribution < 1.29 is 14.1 Å². The summed E-state index contributed by atoms with van der Waals surface area (Å²) in [5.74, 6) is -0.326. The van der Waals surface area contributed by atoms with Crippen molar-refractivity contribution >= 4 is 32.9 Å². The molecule has 0 saturated heterocycles. The van der Waals surface area contributed by atoms with Gasteiger partial charge in [-0.3, -0.25) is 4.79 Å². The molecule has 0 aliphatic rings. The largest absolute Gasteiger partial charge is 0.469 e. The van der Waals surface area contributed by atoms with Gasteiger partial charge in [0.1, 0.15) is 5.69 Å². The smallest absolute Gasteiger partial charge is 0.311 e. The van der Waals surface area contributed by atoms with Gasteiger partial charge in [0.2, 0.25) is 0 Å². The Morgan fingerprint density at radius 1 is 1.60 bits per heavy atom. The number of esters is 1. The lowest BCUT2D eigenvalue weighted by Crippen LogP contribution is -2.04. The first-order chi connectivity index (χ1) is 7.20. The van der Waals surface area contributed by atoms with Crippen LogP contribution in [0, 0.1) is 0 Å². The highest BCUT2D eigenvalue weighted by molar-refractivity contribution is 9.10. The van der Waals surface area contributed by atoms with E-state index in [0.717, 1.165) is 9.86 Å². The van der Waals surface area contributed by atoms with Crippen molar-refractivity contribution in [3.63, 3.8) is 0 Å². The SMILES string of the molecule is COC(=O)Cc1noc2cc(Br)ccc12. The number of methoxy groups -OCH3 is 1. The molecule has 1 heterocycles. The number of halogens is 1. The Bertz CT molecular complexity index is 506. The molecule has 2 rings (SSSR count). The van der Waals surface area contributed by atoms with Gasteiger partial charge in [-0.1, -0.05) is 21.1 Å². The quantitative estimate of drug-likeness (QED) is 0.786.